The Morgan fingerprint density at radius 1 is 1.08 bits per heavy atom. The molecule has 2 unspecified atom stereocenters. The maximum atomic E-state index is 12.7. The molecular weight excluding hydrogens is 352 g/mol. The van der Waals surface area contributed by atoms with Crippen molar-refractivity contribution in [2.24, 2.45) is 0 Å². The number of ether oxygens (including phenoxy) is 1. The molecule has 2 atom stereocenters. The first-order valence-corrected chi connectivity index (χ1v) is 10.1. The minimum Gasteiger partial charge on any atom is -0.497 e. The van der Waals surface area contributed by atoms with Crippen molar-refractivity contribution in [3.8, 4) is 5.75 Å². The van der Waals surface area contributed by atoms with E-state index in [1.54, 1.807) is 31.2 Å². The van der Waals surface area contributed by atoms with Crippen LogP contribution in [0.2, 0.25) is 0 Å². The lowest BCUT2D eigenvalue weighted by molar-refractivity contribution is -0.122. The van der Waals surface area contributed by atoms with Gasteiger partial charge in [0.15, 0.2) is 0 Å². The summed E-state index contributed by atoms with van der Waals surface area (Å²) < 4.78 is 30.9. The van der Waals surface area contributed by atoms with Gasteiger partial charge in [-0.25, -0.2) is 8.42 Å². The van der Waals surface area contributed by atoms with Crippen molar-refractivity contribution in [1.82, 2.24) is 5.32 Å². The molecule has 7 heteroatoms. The van der Waals surface area contributed by atoms with Gasteiger partial charge in [0.2, 0.25) is 15.9 Å². The molecule has 2 aromatic rings. The molecule has 0 aliphatic heterocycles. The van der Waals surface area contributed by atoms with Crippen LogP contribution in [0.5, 0.6) is 5.75 Å². The lowest BCUT2D eigenvalue weighted by atomic mass is 10.1. The predicted octanol–water partition coefficient (Wildman–Crippen LogP) is 2.73. The van der Waals surface area contributed by atoms with E-state index in [2.05, 4.69) is 5.32 Å². The summed E-state index contributed by atoms with van der Waals surface area (Å²) in [5.41, 5.74) is 1.32. The average Bonchev–Trinajstić information content (AvgIpc) is 2.61. The van der Waals surface area contributed by atoms with Crippen molar-refractivity contribution in [1.29, 1.82) is 0 Å². The van der Waals surface area contributed by atoms with E-state index in [4.69, 9.17) is 4.74 Å². The van der Waals surface area contributed by atoms with Crippen molar-refractivity contribution in [3.05, 3.63) is 60.2 Å². The van der Waals surface area contributed by atoms with Gasteiger partial charge >= 0.3 is 0 Å². The van der Waals surface area contributed by atoms with Crippen molar-refractivity contribution in [2.75, 3.05) is 17.7 Å². The summed E-state index contributed by atoms with van der Waals surface area (Å²) in [5.74, 6) is 0.135. The maximum Gasteiger partial charge on any atom is 0.244 e. The SMILES string of the molecule is COc1cccc(N(C(C)C(=O)NC(C)c2ccccc2)S(C)(=O)=O)c1. The van der Waals surface area contributed by atoms with Crippen LogP contribution in [-0.4, -0.2) is 33.7 Å². The number of methoxy groups -OCH3 is 1. The van der Waals surface area contributed by atoms with Crippen LogP contribution in [0.15, 0.2) is 54.6 Å². The van der Waals surface area contributed by atoms with E-state index in [-0.39, 0.29) is 11.9 Å². The molecule has 26 heavy (non-hydrogen) atoms. The summed E-state index contributed by atoms with van der Waals surface area (Å²) >= 11 is 0. The molecule has 0 saturated carbocycles. The Bertz CT molecular complexity index is 853. The summed E-state index contributed by atoms with van der Waals surface area (Å²) in [6.07, 6.45) is 1.08. The van der Waals surface area contributed by atoms with Crippen LogP contribution in [0, 0.1) is 0 Å². The molecule has 0 saturated heterocycles. The van der Waals surface area contributed by atoms with Crippen LogP contribution in [0.3, 0.4) is 0 Å². The van der Waals surface area contributed by atoms with E-state index in [0.717, 1.165) is 16.1 Å². The monoisotopic (exact) mass is 376 g/mol. The summed E-state index contributed by atoms with van der Waals surface area (Å²) in [4.78, 5) is 12.7. The van der Waals surface area contributed by atoms with Gasteiger partial charge in [0.25, 0.3) is 0 Å². The van der Waals surface area contributed by atoms with E-state index in [1.165, 1.54) is 7.11 Å². The molecule has 1 amide bonds. The minimum atomic E-state index is -3.67. The largest absolute Gasteiger partial charge is 0.497 e. The number of benzene rings is 2. The number of hydrogen-bond donors (Lipinski definition) is 1. The number of nitrogens with zero attached hydrogens (tertiary/aromatic N) is 1. The highest BCUT2D eigenvalue weighted by Crippen LogP contribution is 2.25. The molecule has 0 aliphatic carbocycles. The Kier molecular flexibility index (Phi) is 6.26. The van der Waals surface area contributed by atoms with Crippen LogP contribution < -0.4 is 14.4 Å². The Morgan fingerprint density at radius 2 is 1.73 bits per heavy atom. The molecular formula is C19H24N2O4S. The van der Waals surface area contributed by atoms with Crippen LogP contribution >= 0.6 is 0 Å². The van der Waals surface area contributed by atoms with Crippen LogP contribution in [0.25, 0.3) is 0 Å². The third kappa shape index (κ3) is 4.76. The summed E-state index contributed by atoms with van der Waals surface area (Å²) in [6, 6.07) is 15.0. The number of nitrogens with one attached hydrogen (secondary N) is 1. The van der Waals surface area contributed by atoms with Gasteiger partial charge in [0.1, 0.15) is 11.8 Å². The molecule has 1 N–H and O–H groups in total. The van der Waals surface area contributed by atoms with Crippen molar-refractivity contribution in [2.45, 2.75) is 25.9 Å². The minimum absolute atomic E-state index is 0.238. The summed E-state index contributed by atoms with van der Waals surface area (Å²) in [5, 5.41) is 2.87. The van der Waals surface area contributed by atoms with Gasteiger partial charge in [-0.05, 0) is 31.5 Å². The zero-order valence-corrected chi connectivity index (χ0v) is 16.2. The number of carbonyl (C=O) groups is 1. The molecule has 0 aliphatic rings. The second-order valence-electron chi connectivity index (χ2n) is 6.08. The van der Waals surface area contributed by atoms with Gasteiger partial charge in [0.05, 0.1) is 25.1 Å². The standard InChI is InChI=1S/C19H24N2O4S/c1-14(16-9-6-5-7-10-16)20-19(22)15(2)21(26(4,23)24)17-11-8-12-18(13-17)25-3/h5-15H,1-4H3,(H,20,22). The molecule has 0 heterocycles. The molecule has 140 valence electrons. The van der Waals surface area contributed by atoms with Gasteiger partial charge in [-0.2, -0.15) is 0 Å². The highest BCUT2D eigenvalue weighted by atomic mass is 32.2. The van der Waals surface area contributed by atoms with E-state index >= 15 is 0 Å². The van der Waals surface area contributed by atoms with Gasteiger partial charge in [-0.3, -0.25) is 9.10 Å². The third-order valence-electron chi connectivity index (χ3n) is 4.05. The first kappa shape index (κ1) is 19.8. The smallest absolute Gasteiger partial charge is 0.244 e. The van der Waals surface area contributed by atoms with Gasteiger partial charge < -0.3 is 10.1 Å². The number of rotatable bonds is 7. The molecule has 0 spiro atoms. The van der Waals surface area contributed by atoms with Gasteiger partial charge in [-0.15, -0.1) is 0 Å². The lowest BCUT2D eigenvalue weighted by Crippen LogP contribution is -2.48. The quantitative estimate of drug-likeness (QED) is 0.806. The normalized spacial score (nSPS) is 13.5. The zero-order valence-electron chi connectivity index (χ0n) is 15.3. The fraction of sp³-hybridized carbons (Fsp3) is 0.316. The zero-order chi connectivity index (χ0) is 19.3. The highest BCUT2D eigenvalue weighted by Gasteiger charge is 2.30. The predicted molar refractivity (Wildman–Crippen MR) is 103 cm³/mol. The number of sulfonamides is 1. The topological polar surface area (TPSA) is 75.7 Å². The number of amides is 1. The van der Waals surface area contributed by atoms with Gasteiger partial charge in [-0.1, -0.05) is 36.4 Å². The van der Waals surface area contributed by atoms with Crippen LogP contribution in [-0.2, 0) is 14.8 Å². The Balaban J connectivity index is 2.26. The van der Waals surface area contributed by atoms with E-state index in [0.29, 0.717) is 11.4 Å². The molecule has 0 bridgehead atoms. The van der Waals surface area contributed by atoms with Gasteiger partial charge in [0, 0.05) is 6.07 Å². The molecule has 2 aromatic carbocycles. The molecule has 0 aromatic heterocycles. The van der Waals surface area contributed by atoms with E-state index in [1.807, 2.05) is 37.3 Å². The Hall–Kier alpha value is -2.54. The molecule has 0 radical (unpaired) electrons. The van der Waals surface area contributed by atoms with Crippen LogP contribution in [0.1, 0.15) is 25.5 Å². The Morgan fingerprint density at radius 3 is 2.31 bits per heavy atom. The van der Waals surface area contributed by atoms with E-state index in [9.17, 15) is 13.2 Å². The second-order valence-corrected chi connectivity index (χ2v) is 7.94. The van der Waals surface area contributed by atoms with Crippen molar-refractivity contribution >= 4 is 21.6 Å². The lowest BCUT2D eigenvalue weighted by Gasteiger charge is -2.29. The first-order chi connectivity index (χ1) is 12.2. The summed E-state index contributed by atoms with van der Waals surface area (Å²) in [6.45, 7) is 3.42. The molecule has 6 nitrogen and oxygen atoms in total. The Labute approximate surface area is 154 Å². The second kappa shape index (κ2) is 8.23. The molecule has 2 rings (SSSR count). The van der Waals surface area contributed by atoms with Crippen molar-refractivity contribution < 1.29 is 17.9 Å². The number of carbonyl (C=O) groups excluding carboxylic acids is 1. The summed E-state index contributed by atoms with van der Waals surface area (Å²) in [7, 11) is -2.17. The number of anilines is 1. The fourth-order valence-electron chi connectivity index (χ4n) is 2.72. The van der Waals surface area contributed by atoms with Crippen LogP contribution in [0.4, 0.5) is 5.69 Å². The third-order valence-corrected chi connectivity index (χ3v) is 5.30. The fourth-order valence-corrected chi connectivity index (χ4v) is 3.88. The maximum absolute atomic E-state index is 12.7. The highest BCUT2D eigenvalue weighted by molar-refractivity contribution is 7.92. The molecule has 0 fully saturated rings. The van der Waals surface area contributed by atoms with Crippen molar-refractivity contribution in [3.63, 3.8) is 0 Å². The number of hydrogen-bond acceptors (Lipinski definition) is 4. The average molecular weight is 376 g/mol. The van der Waals surface area contributed by atoms with E-state index < -0.39 is 16.1 Å². The first-order valence-electron chi connectivity index (χ1n) is 8.23.